The van der Waals surface area contributed by atoms with Crippen LogP contribution in [0.3, 0.4) is 0 Å². The molecule has 4 nitrogen and oxygen atoms in total. The lowest BCUT2D eigenvalue weighted by Crippen LogP contribution is -2.37. The van der Waals surface area contributed by atoms with Gasteiger partial charge in [0.15, 0.2) is 5.96 Å². The third-order valence-corrected chi connectivity index (χ3v) is 3.13. The van der Waals surface area contributed by atoms with Crippen LogP contribution in [-0.2, 0) is 0 Å². The number of nitrogens with two attached hydrogens (primary N) is 1. The van der Waals surface area contributed by atoms with Crippen molar-refractivity contribution >= 4 is 29.9 Å². The Morgan fingerprint density at radius 1 is 1.50 bits per heavy atom. The molecule has 1 atom stereocenters. The lowest BCUT2D eigenvalue weighted by molar-refractivity contribution is 0.231. The Balaban J connectivity index is 0.00000289. The molecule has 0 aromatic heterocycles. The van der Waals surface area contributed by atoms with E-state index in [0.717, 1.165) is 25.4 Å². The first kappa shape index (κ1) is 18.0. The van der Waals surface area contributed by atoms with Crippen LogP contribution in [-0.4, -0.2) is 43.1 Å². The summed E-state index contributed by atoms with van der Waals surface area (Å²) in [6.45, 7) is 10.8. The number of nitrogens with zero attached hydrogens (tertiary/aromatic N) is 2. The van der Waals surface area contributed by atoms with E-state index in [1.165, 1.54) is 25.9 Å². The Morgan fingerprint density at radius 2 is 2.22 bits per heavy atom. The molecule has 0 radical (unpaired) electrons. The van der Waals surface area contributed by atoms with Crippen LogP contribution in [0.25, 0.3) is 0 Å². The molecule has 0 aromatic rings. The summed E-state index contributed by atoms with van der Waals surface area (Å²) in [5.74, 6) is 1.33. The monoisotopic (exact) mass is 368 g/mol. The molecule has 0 spiro atoms. The second kappa shape index (κ2) is 9.83. The van der Waals surface area contributed by atoms with Crippen LogP contribution in [0.2, 0.25) is 0 Å². The first-order valence-electron chi connectivity index (χ1n) is 6.91. The number of nitrogens with one attached hydrogen (secondary N) is 1. The third-order valence-electron chi connectivity index (χ3n) is 3.13. The van der Waals surface area contributed by atoms with Gasteiger partial charge in [-0.1, -0.05) is 20.8 Å². The first-order valence-corrected chi connectivity index (χ1v) is 6.91. The average molecular weight is 368 g/mol. The fourth-order valence-electron chi connectivity index (χ4n) is 2.32. The smallest absolute Gasteiger partial charge is 0.188 e. The molecule has 3 N–H and O–H groups in total. The predicted octanol–water partition coefficient (Wildman–Crippen LogP) is 2.04. The van der Waals surface area contributed by atoms with Crippen LogP contribution in [0.15, 0.2) is 4.99 Å². The average Bonchev–Trinajstić information content (AvgIpc) is 2.70. The van der Waals surface area contributed by atoms with Crippen molar-refractivity contribution in [3.8, 4) is 0 Å². The molecule has 0 saturated carbocycles. The van der Waals surface area contributed by atoms with Gasteiger partial charge in [-0.25, -0.2) is 0 Å². The molecule has 1 saturated heterocycles. The summed E-state index contributed by atoms with van der Waals surface area (Å²) >= 11 is 0. The molecule has 0 unspecified atom stereocenters. The number of hydrogen-bond donors (Lipinski definition) is 2. The van der Waals surface area contributed by atoms with Gasteiger partial charge >= 0.3 is 0 Å². The maximum atomic E-state index is 5.80. The van der Waals surface area contributed by atoms with Gasteiger partial charge in [0, 0.05) is 19.1 Å². The van der Waals surface area contributed by atoms with Gasteiger partial charge in [0.2, 0.25) is 0 Å². The maximum Gasteiger partial charge on any atom is 0.188 e. The van der Waals surface area contributed by atoms with Gasteiger partial charge in [-0.2, -0.15) is 0 Å². The Bertz CT molecular complexity index is 243. The summed E-state index contributed by atoms with van der Waals surface area (Å²) in [4.78, 5) is 7.00. The van der Waals surface area contributed by atoms with E-state index < -0.39 is 0 Å². The number of aliphatic imine (C=N–C) groups is 1. The summed E-state index contributed by atoms with van der Waals surface area (Å²) in [6.07, 6.45) is 3.64. The van der Waals surface area contributed by atoms with Gasteiger partial charge in [-0.3, -0.25) is 9.89 Å². The molecule has 18 heavy (non-hydrogen) atoms. The van der Waals surface area contributed by atoms with E-state index in [0.29, 0.717) is 12.0 Å². The van der Waals surface area contributed by atoms with Crippen molar-refractivity contribution < 1.29 is 0 Å². The predicted molar refractivity (Wildman–Crippen MR) is 89.6 cm³/mol. The number of likely N-dealkylation sites (tertiary alicyclic amines) is 1. The maximum absolute atomic E-state index is 5.80. The molecular formula is C13H29IN4. The Kier molecular flexibility index (Phi) is 9.81. The standard InChI is InChI=1S/C13H28N4.HI/c1-4-7-15-13(14)16-9-12-6-5-8-17(12)10-11(2)3;/h11-12H,4-10H2,1-3H3,(H3,14,15,16);1H/t12-;/m1./s1. The van der Waals surface area contributed by atoms with Gasteiger partial charge in [0.05, 0.1) is 6.54 Å². The number of guanidine groups is 1. The van der Waals surface area contributed by atoms with E-state index in [1.54, 1.807) is 0 Å². The zero-order valence-electron chi connectivity index (χ0n) is 12.0. The molecule has 0 amide bonds. The Hall–Kier alpha value is -0.0400. The third kappa shape index (κ3) is 6.78. The first-order chi connectivity index (χ1) is 8.13. The van der Waals surface area contributed by atoms with Crippen LogP contribution in [0.5, 0.6) is 0 Å². The lowest BCUT2D eigenvalue weighted by Gasteiger charge is -2.24. The van der Waals surface area contributed by atoms with Crippen LogP contribution in [0.1, 0.15) is 40.0 Å². The minimum atomic E-state index is 0. The topological polar surface area (TPSA) is 53.6 Å². The molecule has 1 heterocycles. The van der Waals surface area contributed by atoms with E-state index in [2.05, 4.69) is 36.0 Å². The quantitative estimate of drug-likeness (QED) is 0.429. The van der Waals surface area contributed by atoms with Crippen LogP contribution >= 0.6 is 24.0 Å². The molecule has 108 valence electrons. The summed E-state index contributed by atoms with van der Waals surface area (Å²) in [6, 6.07) is 0.597. The van der Waals surface area contributed by atoms with Gasteiger partial charge in [0.1, 0.15) is 0 Å². The van der Waals surface area contributed by atoms with Crippen LogP contribution in [0.4, 0.5) is 0 Å². The fourth-order valence-corrected chi connectivity index (χ4v) is 2.32. The molecule has 1 fully saturated rings. The van der Waals surface area contributed by atoms with Crippen molar-refractivity contribution in [2.45, 2.75) is 46.1 Å². The lowest BCUT2D eigenvalue weighted by atomic mass is 10.2. The van der Waals surface area contributed by atoms with Gasteiger partial charge in [0.25, 0.3) is 0 Å². The van der Waals surface area contributed by atoms with Crippen molar-refractivity contribution in [1.82, 2.24) is 10.2 Å². The van der Waals surface area contributed by atoms with E-state index in [4.69, 9.17) is 5.73 Å². The molecule has 5 heteroatoms. The van der Waals surface area contributed by atoms with E-state index >= 15 is 0 Å². The highest BCUT2D eigenvalue weighted by molar-refractivity contribution is 14.0. The molecule has 0 bridgehead atoms. The second-order valence-electron chi connectivity index (χ2n) is 5.34. The van der Waals surface area contributed by atoms with Crippen molar-refractivity contribution in [3.05, 3.63) is 0 Å². The normalized spacial score (nSPS) is 21.1. The second-order valence-corrected chi connectivity index (χ2v) is 5.34. The minimum Gasteiger partial charge on any atom is -0.370 e. The van der Waals surface area contributed by atoms with Crippen LogP contribution in [0, 0.1) is 5.92 Å². The van der Waals surface area contributed by atoms with E-state index in [9.17, 15) is 0 Å². The zero-order valence-corrected chi connectivity index (χ0v) is 14.3. The summed E-state index contributed by atoms with van der Waals surface area (Å²) < 4.78 is 0. The highest BCUT2D eigenvalue weighted by Crippen LogP contribution is 2.18. The molecular weight excluding hydrogens is 339 g/mol. The van der Waals surface area contributed by atoms with Crippen molar-refractivity contribution in [2.75, 3.05) is 26.2 Å². The highest BCUT2D eigenvalue weighted by Gasteiger charge is 2.24. The summed E-state index contributed by atoms with van der Waals surface area (Å²) in [5.41, 5.74) is 5.80. The van der Waals surface area contributed by atoms with Crippen LogP contribution < -0.4 is 11.1 Å². The highest BCUT2D eigenvalue weighted by atomic mass is 127. The van der Waals surface area contributed by atoms with Crippen molar-refractivity contribution in [1.29, 1.82) is 0 Å². The number of rotatable bonds is 6. The summed E-state index contributed by atoms with van der Waals surface area (Å²) in [7, 11) is 0. The Morgan fingerprint density at radius 3 is 2.83 bits per heavy atom. The van der Waals surface area contributed by atoms with Gasteiger partial charge in [-0.05, 0) is 31.7 Å². The Labute approximate surface area is 129 Å². The molecule has 0 aromatic carbocycles. The molecule has 0 aliphatic carbocycles. The molecule has 1 aliphatic heterocycles. The minimum absolute atomic E-state index is 0. The summed E-state index contributed by atoms with van der Waals surface area (Å²) in [5, 5.41) is 3.12. The zero-order chi connectivity index (χ0) is 12.7. The van der Waals surface area contributed by atoms with E-state index in [-0.39, 0.29) is 24.0 Å². The number of halogens is 1. The number of hydrogen-bond acceptors (Lipinski definition) is 2. The van der Waals surface area contributed by atoms with Gasteiger partial charge < -0.3 is 11.1 Å². The van der Waals surface area contributed by atoms with Crippen molar-refractivity contribution in [2.24, 2.45) is 16.6 Å². The van der Waals surface area contributed by atoms with E-state index in [1.807, 2.05) is 0 Å². The fraction of sp³-hybridized carbons (Fsp3) is 0.923. The largest absolute Gasteiger partial charge is 0.370 e. The molecule has 1 rings (SSSR count). The van der Waals surface area contributed by atoms with Crippen molar-refractivity contribution in [3.63, 3.8) is 0 Å². The molecule has 1 aliphatic rings. The van der Waals surface area contributed by atoms with Gasteiger partial charge in [-0.15, -0.1) is 24.0 Å². The SMILES string of the molecule is CCCNC(N)=NC[C@H]1CCCN1CC(C)C.I.